The zero-order valence-electron chi connectivity index (χ0n) is 11.8. The highest BCUT2D eigenvalue weighted by Gasteiger charge is 2.19. The normalized spacial score (nSPS) is 13.3. The van der Waals surface area contributed by atoms with Crippen LogP contribution in [-0.4, -0.2) is 41.4 Å². The molecule has 0 saturated heterocycles. The summed E-state index contributed by atoms with van der Waals surface area (Å²) in [6.07, 6.45) is 2.87. The lowest BCUT2D eigenvalue weighted by Gasteiger charge is -2.25. The van der Waals surface area contributed by atoms with Crippen molar-refractivity contribution in [1.29, 1.82) is 0 Å². The number of unbranched alkanes of at least 4 members (excludes halogenated alkanes) is 1. The summed E-state index contributed by atoms with van der Waals surface area (Å²) < 4.78 is 5.22. The minimum Gasteiger partial charge on any atom is -0.444 e. The van der Waals surface area contributed by atoms with Crippen molar-refractivity contribution in [3.63, 3.8) is 0 Å². The van der Waals surface area contributed by atoms with Crippen molar-refractivity contribution in [2.45, 2.75) is 65.1 Å². The van der Waals surface area contributed by atoms with Crippen LogP contribution in [0, 0.1) is 0 Å². The lowest BCUT2D eigenvalue weighted by atomic mass is 10.1. The lowest BCUT2D eigenvalue weighted by Crippen LogP contribution is -2.35. The van der Waals surface area contributed by atoms with Gasteiger partial charge in [-0.25, -0.2) is 4.79 Å². The van der Waals surface area contributed by atoms with Crippen LogP contribution in [0.5, 0.6) is 0 Å². The zero-order valence-corrected chi connectivity index (χ0v) is 11.8. The molecule has 0 aromatic carbocycles. The number of nitrogens with zero attached hydrogens (tertiary/aromatic N) is 1. The molecular formula is C13H27NO3. The molecular weight excluding hydrogens is 218 g/mol. The topological polar surface area (TPSA) is 49.8 Å². The predicted octanol–water partition coefficient (Wildman–Crippen LogP) is 2.79. The van der Waals surface area contributed by atoms with Gasteiger partial charge in [0.15, 0.2) is 0 Å². The van der Waals surface area contributed by atoms with E-state index in [4.69, 9.17) is 4.74 Å². The summed E-state index contributed by atoms with van der Waals surface area (Å²) in [4.78, 5) is 13.1. The van der Waals surface area contributed by atoms with Gasteiger partial charge in [-0.05, 0) is 33.6 Å². The van der Waals surface area contributed by atoms with Crippen LogP contribution in [0.3, 0.4) is 0 Å². The van der Waals surface area contributed by atoms with E-state index in [1.54, 1.807) is 7.05 Å². The fourth-order valence-corrected chi connectivity index (χ4v) is 1.36. The standard InChI is InChI=1S/C13H27NO3/c1-6-7-8-11(15)9-10-14(5)12(16)17-13(2,3)4/h11,15H,6-10H2,1-5H3. The van der Waals surface area contributed by atoms with Gasteiger partial charge < -0.3 is 14.7 Å². The molecule has 0 aromatic heterocycles. The van der Waals surface area contributed by atoms with E-state index in [2.05, 4.69) is 6.92 Å². The van der Waals surface area contributed by atoms with Crippen molar-refractivity contribution in [2.24, 2.45) is 0 Å². The first-order valence-corrected chi connectivity index (χ1v) is 6.38. The van der Waals surface area contributed by atoms with Crippen LogP contribution in [0.25, 0.3) is 0 Å². The van der Waals surface area contributed by atoms with Crippen LogP contribution in [0.2, 0.25) is 0 Å². The van der Waals surface area contributed by atoms with E-state index >= 15 is 0 Å². The molecule has 1 atom stereocenters. The quantitative estimate of drug-likeness (QED) is 0.783. The van der Waals surface area contributed by atoms with Crippen molar-refractivity contribution >= 4 is 6.09 Å². The Hall–Kier alpha value is -0.770. The van der Waals surface area contributed by atoms with E-state index in [1.165, 1.54) is 4.90 Å². The number of rotatable bonds is 6. The van der Waals surface area contributed by atoms with Crippen LogP contribution >= 0.6 is 0 Å². The summed E-state index contributed by atoms with van der Waals surface area (Å²) in [6, 6.07) is 0. The summed E-state index contributed by atoms with van der Waals surface area (Å²) in [5, 5.41) is 9.66. The highest BCUT2D eigenvalue weighted by molar-refractivity contribution is 5.67. The molecule has 1 unspecified atom stereocenters. The highest BCUT2D eigenvalue weighted by Crippen LogP contribution is 2.10. The van der Waals surface area contributed by atoms with Gasteiger partial charge in [-0.1, -0.05) is 19.8 Å². The van der Waals surface area contributed by atoms with Gasteiger partial charge in [0, 0.05) is 13.6 Å². The Balaban J connectivity index is 3.85. The van der Waals surface area contributed by atoms with Crippen molar-refractivity contribution < 1.29 is 14.6 Å². The fraction of sp³-hybridized carbons (Fsp3) is 0.923. The first-order chi connectivity index (χ1) is 7.76. The van der Waals surface area contributed by atoms with E-state index in [0.717, 1.165) is 19.3 Å². The van der Waals surface area contributed by atoms with Crippen LogP contribution in [0.4, 0.5) is 4.79 Å². The predicted molar refractivity (Wildman–Crippen MR) is 69.0 cm³/mol. The Morgan fingerprint density at radius 2 is 1.94 bits per heavy atom. The summed E-state index contributed by atoms with van der Waals surface area (Å²) in [6.45, 7) is 8.15. The van der Waals surface area contributed by atoms with E-state index in [1.807, 2.05) is 20.8 Å². The second-order valence-electron chi connectivity index (χ2n) is 5.49. The second-order valence-corrected chi connectivity index (χ2v) is 5.49. The third-order valence-corrected chi connectivity index (χ3v) is 2.39. The van der Waals surface area contributed by atoms with Crippen molar-refractivity contribution in [1.82, 2.24) is 4.90 Å². The number of ether oxygens (including phenoxy) is 1. The molecule has 0 fully saturated rings. The smallest absolute Gasteiger partial charge is 0.410 e. The molecule has 4 nitrogen and oxygen atoms in total. The molecule has 17 heavy (non-hydrogen) atoms. The minimum absolute atomic E-state index is 0.320. The average Bonchev–Trinajstić information content (AvgIpc) is 2.20. The van der Waals surface area contributed by atoms with Gasteiger partial charge in [-0.15, -0.1) is 0 Å². The second kappa shape index (κ2) is 7.54. The van der Waals surface area contributed by atoms with Gasteiger partial charge in [0.1, 0.15) is 5.60 Å². The third-order valence-electron chi connectivity index (χ3n) is 2.39. The summed E-state index contributed by atoms with van der Waals surface area (Å²) in [7, 11) is 1.70. The maximum absolute atomic E-state index is 11.6. The molecule has 1 N–H and O–H groups in total. The van der Waals surface area contributed by atoms with Crippen LogP contribution in [0.15, 0.2) is 0 Å². The molecule has 102 valence electrons. The molecule has 0 spiro atoms. The third kappa shape index (κ3) is 8.98. The molecule has 4 heteroatoms. The van der Waals surface area contributed by atoms with Crippen molar-refractivity contribution in [3.05, 3.63) is 0 Å². The Bertz CT molecular complexity index is 223. The maximum atomic E-state index is 11.6. The summed E-state index contributed by atoms with van der Waals surface area (Å²) in [5.74, 6) is 0. The molecule has 0 aliphatic heterocycles. The Morgan fingerprint density at radius 1 is 1.35 bits per heavy atom. The van der Waals surface area contributed by atoms with E-state index in [9.17, 15) is 9.90 Å². The fourth-order valence-electron chi connectivity index (χ4n) is 1.36. The van der Waals surface area contributed by atoms with Gasteiger partial charge in [0.2, 0.25) is 0 Å². The van der Waals surface area contributed by atoms with Crippen LogP contribution < -0.4 is 0 Å². The molecule has 0 rings (SSSR count). The maximum Gasteiger partial charge on any atom is 0.410 e. The molecule has 0 radical (unpaired) electrons. The minimum atomic E-state index is -0.466. The summed E-state index contributed by atoms with van der Waals surface area (Å²) >= 11 is 0. The SMILES string of the molecule is CCCCC(O)CCN(C)C(=O)OC(C)(C)C. The monoisotopic (exact) mass is 245 g/mol. The number of carbonyl (C=O) groups is 1. The first kappa shape index (κ1) is 16.2. The first-order valence-electron chi connectivity index (χ1n) is 6.38. The number of amides is 1. The molecule has 0 heterocycles. The molecule has 0 aliphatic carbocycles. The molecule has 0 aliphatic rings. The highest BCUT2D eigenvalue weighted by atomic mass is 16.6. The Morgan fingerprint density at radius 3 is 2.41 bits per heavy atom. The number of carbonyl (C=O) groups excluding carboxylic acids is 1. The average molecular weight is 245 g/mol. The van der Waals surface area contributed by atoms with E-state index in [0.29, 0.717) is 13.0 Å². The number of hydrogen-bond acceptors (Lipinski definition) is 3. The number of aliphatic hydroxyl groups excluding tert-OH is 1. The van der Waals surface area contributed by atoms with Gasteiger partial charge in [0.25, 0.3) is 0 Å². The van der Waals surface area contributed by atoms with Gasteiger partial charge in [0.05, 0.1) is 6.10 Å². The largest absolute Gasteiger partial charge is 0.444 e. The zero-order chi connectivity index (χ0) is 13.5. The molecule has 0 saturated carbocycles. The van der Waals surface area contributed by atoms with Gasteiger partial charge in [-0.3, -0.25) is 0 Å². The molecule has 1 amide bonds. The van der Waals surface area contributed by atoms with Crippen molar-refractivity contribution in [2.75, 3.05) is 13.6 Å². The van der Waals surface area contributed by atoms with E-state index in [-0.39, 0.29) is 12.2 Å². The number of hydrogen-bond donors (Lipinski definition) is 1. The van der Waals surface area contributed by atoms with Crippen LogP contribution in [0.1, 0.15) is 53.4 Å². The van der Waals surface area contributed by atoms with Gasteiger partial charge in [-0.2, -0.15) is 0 Å². The summed E-state index contributed by atoms with van der Waals surface area (Å²) in [5.41, 5.74) is -0.466. The van der Waals surface area contributed by atoms with Gasteiger partial charge >= 0.3 is 6.09 Å². The Kier molecular flexibility index (Phi) is 7.19. The molecule has 0 aromatic rings. The number of aliphatic hydroxyl groups is 1. The molecule has 0 bridgehead atoms. The van der Waals surface area contributed by atoms with E-state index < -0.39 is 5.60 Å². The lowest BCUT2D eigenvalue weighted by molar-refractivity contribution is 0.0271. The van der Waals surface area contributed by atoms with Crippen LogP contribution in [-0.2, 0) is 4.74 Å². The van der Waals surface area contributed by atoms with Crippen molar-refractivity contribution in [3.8, 4) is 0 Å². The Labute approximate surface area is 105 Å².